The minimum atomic E-state index is 0.452. The molecule has 0 saturated heterocycles. The van der Waals surface area contributed by atoms with Crippen LogP contribution in [0.25, 0.3) is 22.9 Å². The van der Waals surface area contributed by atoms with E-state index in [0.717, 1.165) is 11.3 Å². The lowest BCUT2D eigenvalue weighted by atomic mass is 10.1. The molecule has 0 spiro atoms. The molecule has 0 fully saturated rings. The van der Waals surface area contributed by atoms with Crippen molar-refractivity contribution >= 4 is 23.0 Å². The van der Waals surface area contributed by atoms with Crippen LogP contribution in [0.4, 0.5) is 0 Å². The third-order valence-electron chi connectivity index (χ3n) is 3.37. The van der Waals surface area contributed by atoms with Crippen molar-refractivity contribution in [1.29, 1.82) is 5.26 Å². The summed E-state index contributed by atoms with van der Waals surface area (Å²) >= 11 is 1.40. The zero-order chi connectivity index (χ0) is 16.9. The Kier molecular flexibility index (Phi) is 4.64. The quantitative estimate of drug-likeness (QED) is 0.641. The first-order valence-electron chi connectivity index (χ1n) is 7.08. The number of hydrogen-bond donors (Lipinski definition) is 0. The third-order valence-corrected chi connectivity index (χ3v) is 4.25. The van der Waals surface area contributed by atoms with E-state index in [0.29, 0.717) is 27.8 Å². The van der Waals surface area contributed by atoms with E-state index in [4.69, 9.17) is 13.9 Å². The van der Waals surface area contributed by atoms with Gasteiger partial charge in [0.05, 0.1) is 31.7 Å². The van der Waals surface area contributed by atoms with Crippen molar-refractivity contribution in [3.63, 3.8) is 0 Å². The van der Waals surface area contributed by atoms with E-state index >= 15 is 0 Å². The van der Waals surface area contributed by atoms with Gasteiger partial charge in [-0.15, -0.1) is 11.3 Å². The monoisotopic (exact) mass is 338 g/mol. The molecule has 0 radical (unpaired) electrons. The summed E-state index contributed by atoms with van der Waals surface area (Å²) in [5, 5.41) is 11.9. The molecule has 2 heterocycles. The average Bonchev–Trinajstić information content (AvgIpc) is 3.30. The van der Waals surface area contributed by atoms with E-state index < -0.39 is 0 Å². The number of benzene rings is 1. The van der Waals surface area contributed by atoms with Crippen molar-refractivity contribution in [2.24, 2.45) is 0 Å². The smallest absolute Gasteiger partial charge is 0.134 e. The van der Waals surface area contributed by atoms with E-state index in [9.17, 15) is 5.26 Å². The maximum absolute atomic E-state index is 9.39. The van der Waals surface area contributed by atoms with Crippen molar-refractivity contribution in [3.05, 3.63) is 52.7 Å². The number of aromatic nitrogens is 1. The number of allylic oxidation sites excluding steroid dienone is 1. The predicted octanol–water partition coefficient (Wildman–Crippen LogP) is 4.48. The summed E-state index contributed by atoms with van der Waals surface area (Å²) in [6.45, 7) is 0. The van der Waals surface area contributed by atoms with Crippen LogP contribution in [0.3, 0.4) is 0 Å². The Hall–Kier alpha value is -3.04. The molecule has 0 aliphatic carbocycles. The standard InChI is InChI=1S/C18H14N2O3S/c1-21-13-5-6-15(17(9-13)22-2)16-11-24-18(20-16)12(10-19)8-14-4-3-7-23-14/h3-9,11H,1-2H3/b12-8+. The van der Waals surface area contributed by atoms with Crippen molar-refractivity contribution in [3.8, 4) is 28.8 Å². The highest BCUT2D eigenvalue weighted by atomic mass is 32.1. The molecule has 0 amide bonds. The first kappa shape index (κ1) is 15.8. The largest absolute Gasteiger partial charge is 0.497 e. The van der Waals surface area contributed by atoms with E-state index in [1.165, 1.54) is 11.3 Å². The van der Waals surface area contributed by atoms with Crippen molar-refractivity contribution in [2.45, 2.75) is 0 Å². The normalized spacial score (nSPS) is 11.1. The Labute approximate surface area is 143 Å². The van der Waals surface area contributed by atoms with Gasteiger partial charge < -0.3 is 13.9 Å². The molecule has 3 rings (SSSR count). The maximum Gasteiger partial charge on any atom is 0.134 e. The molecule has 0 aliphatic heterocycles. The topological polar surface area (TPSA) is 68.3 Å². The third kappa shape index (κ3) is 3.16. The lowest BCUT2D eigenvalue weighted by Crippen LogP contribution is -1.91. The summed E-state index contributed by atoms with van der Waals surface area (Å²) in [6.07, 6.45) is 3.24. The van der Waals surface area contributed by atoms with Gasteiger partial charge >= 0.3 is 0 Å². The Morgan fingerprint density at radius 3 is 2.83 bits per heavy atom. The summed E-state index contributed by atoms with van der Waals surface area (Å²) in [4.78, 5) is 4.56. The van der Waals surface area contributed by atoms with Gasteiger partial charge in [0.25, 0.3) is 0 Å². The Bertz CT molecular complexity index is 905. The van der Waals surface area contributed by atoms with Crippen molar-refractivity contribution < 1.29 is 13.9 Å². The molecule has 0 N–H and O–H groups in total. The van der Waals surface area contributed by atoms with Gasteiger partial charge in [0.1, 0.15) is 28.3 Å². The highest BCUT2D eigenvalue weighted by molar-refractivity contribution is 7.11. The molecule has 0 unspecified atom stereocenters. The van der Waals surface area contributed by atoms with Crippen LogP contribution < -0.4 is 9.47 Å². The van der Waals surface area contributed by atoms with E-state index in [1.807, 2.05) is 17.5 Å². The average molecular weight is 338 g/mol. The van der Waals surface area contributed by atoms with Crippen LogP contribution in [0.2, 0.25) is 0 Å². The number of furan rings is 1. The zero-order valence-corrected chi connectivity index (χ0v) is 14.0. The number of thiazole rings is 1. The van der Waals surface area contributed by atoms with E-state index in [-0.39, 0.29) is 0 Å². The van der Waals surface area contributed by atoms with Gasteiger partial charge in [0.2, 0.25) is 0 Å². The van der Waals surface area contributed by atoms with Gasteiger partial charge in [0, 0.05) is 23.1 Å². The predicted molar refractivity (Wildman–Crippen MR) is 92.8 cm³/mol. The van der Waals surface area contributed by atoms with Gasteiger partial charge in [-0.05, 0) is 24.3 Å². The van der Waals surface area contributed by atoms with Crippen LogP contribution >= 0.6 is 11.3 Å². The second kappa shape index (κ2) is 7.02. The molecule has 24 heavy (non-hydrogen) atoms. The zero-order valence-electron chi connectivity index (χ0n) is 13.1. The van der Waals surface area contributed by atoms with Gasteiger partial charge in [-0.2, -0.15) is 5.26 Å². The van der Waals surface area contributed by atoms with Crippen LogP contribution in [0.15, 0.2) is 46.4 Å². The van der Waals surface area contributed by atoms with Crippen molar-refractivity contribution in [2.75, 3.05) is 14.2 Å². The molecule has 6 heteroatoms. The molecular formula is C18H14N2O3S. The molecule has 2 aromatic heterocycles. The van der Waals surface area contributed by atoms with Gasteiger partial charge in [0.15, 0.2) is 0 Å². The van der Waals surface area contributed by atoms with Crippen LogP contribution in [0.5, 0.6) is 11.5 Å². The lowest BCUT2D eigenvalue weighted by molar-refractivity contribution is 0.395. The number of rotatable bonds is 5. The highest BCUT2D eigenvalue weighted by Gasteiger charge is 2.13. The second-order valence-corrected chi connectivity index (χ2v) is 5.65. The number of methoxy groups -OCH3 is 2. The van der Waals surface area contributed by atoms with Crippen LogP contribution in [-0.2, 0) is 0 Å². The summed E-state index contributed by atoms with van der Waals surface area (Å²) in [5.41, 5.74) is 2.04. The molecular weight excluding hydrogens is 324 g/mol. The summed E-state index contributed by atoms with van der Waals surface area (Å²) in [7, 11) is 3.21. The number of nitrogens with zero attached hydrogens (tertiary/aromatic N) is 2. The Morgan fingerprint density at radius 1 is 1.29 bits per heavy atom. The first-order valence-corrected chi connectivity index (χ1v) is 7.96. The first-order chi connectivity index (χ1) is 11.7. The molecule has 0 bridgehead atoms. The molecule has 3 aromatic rings. The Balaban J connectivity index is 1.98. The SMILES string of the molecule is COc1ccc(-c2csc(/C(C#N)=C/c3ccco3)n2)c(OC)c1. The van der Waals surface area contributed by atoms with Gasteiger partial charge in [-0.1, -0.05) is 0 Å². The minimum Gasteiger partial charge on any atom is -0.497 e. The fraction of sp³-hybridized carbons (Fsp3) is 0.111. The van der Waals surface area contributed by atoms with E-state index in [1.54, 1.807) is 44.8 Å². The number of hydrogen-bond acceptors (Lipinski definition) is 6. The fourth-order valence-corrected chi connectivity index (χ4v) is 2.97. The number of ether oxygens (including phenoxy) is 2. The summed E-state index contributed by atoms with van der Waals surface area (Å²) < 4.78 is 15.9. The molecule has 120 valence electrons. The molecule has 0 atom stereocenters. The molecule has 1 aromatic carbocycles. The lowest BCUT2D eigenvalue weighted by Gasteiger charge is -2.08. The van der Waals surface area contributed by atoms with Crippen LogP contribution in [0, 0.1) is 11.3 Å². The molecule has 0 saturated carbocycles. The summed E-state index contributed by atoms with van der Waals surface area (Å²) in [5.74, 6) is 1.99. The fourth-order valence-electron chi connectivity index (χ4n) is 2.19. The Morgan fingerprint density at radius 2 is 2.17 bits per heavy atom. The van der Waals surface area contributed by atoms with E-state index in [2.05, 4.69) is 11.1 Å². The summed E-state index contributed by atoms with van der Waals surface area (Å²) in [6, 6.07) is 11.3. The highest BCUT2D eigenvalue weighted by Crippen LogP contribution is 2.35. The van der Waals surface area contributed by atoms with Gasteiger partial charge in [-0.3, -0.25) is 0 Å². The number of nitriles is 1. The molecule has 5 nitrogen and oxygen atoms in total. The maximum atomic E-state index is 9.39. The minimum absolute atomic E-state index is 0.452. The second-order valence-electron chi connectivity index (χ2n) is 4.79. The van der Waals surface area contributed by atoms with Crippen LogP contribution in [-0.4, -0.2) is 19.2 Å². The van der Waals surface area contributed by atoms with Gasteiger partial charge in [-0.25, -0.2) is 4.98 Å². The van der Waals surface area contributed by atoms with Crippen LogP contribution in [0.1, 0.15) is 10.8 Å². The van der Waals surface area contributed by atoms with Crippen molar-refractivity contribution in [1.82, 2.24) is 4.98 Å². The molecule has 0 aliphatic rings.